The minimum atomic E-state index is -1.25. The number of aliphatic carboxylic acids is 2. The van der Waals surface area contributed by atoms with Crippen LogP contribution in [-0.2, 0) is 32.1 Å². The fraction of sp³-hybridized carbons (Fsp3) is 0.316. The molecule has 0 saturated carbocycles. The molecule has 33 heavy (non-hydrogen) atoms. The van der Waals surface area contributed by atoms with Crippen LogP contribution >= 0.6 is 23.5 Å². The summed E-state index contributed by atoms with van der Waals surface area (Å²) in [6.45, 7) is -0.425. The maximum Gasteiger partial charge on any atom is 0.352 e. The molecule has 4 rings (SSSR count). The number of aromatic nitrogens is 4. The highest BCUT2D eigenvalue weighted by molar-refractivity contribution is 8.01. The highest BCUT2D eigenvalue weighted by Crippen LogP contribution is 2.41. The number of amides is 2. The van der Waals surface area contributed by atoms with E-state index < -0.39 is 35.8 Å². The van der Waals surface area contributed by atoms with Crippen molar-refractivity contribution in [1.82, 2.24) is 30.4 Å². The Morgan fingerprint density at radius 1 is 1.21 bits per heavy atom. The molecule has 172 valence electrons. The lowest BCUT2D eigenvalue weighted by Gasteiger charge is -2.49. The van der Waals surface area contributed by atoms with Crippen molar-refractivity contribution >= 4 is 47.3 Å². The van der Waals surface area contributed by atoms with E-state index in [-0.39, 0.29) is 28.9 Å². The topological polar surface area (TPSA) is 168 Å². The number of rotatable bonds is 9. The smallest absolute Gasteiger partial charge is 0.352 e. The number of thioether (sulfide) groups is 2. The number of carbonyl (C=O) groups excluding carboxylic acids is 2. The van der Waals surface area contributed by atoms with E-state index >= 15 is 0 Å². The van der Waals surface area contributed by atoms with Gasteiger partial charge in [0, 0.05) is 11.5 Å². The molecule has 0 spiro atoms. The van der Waals surface area contributed by atoms with Crippen molar-refractivity contribution < 1.29 is 29.4 Å². The Balaban J connectivity index is 1.43. The Hall–Kier alpha value is -3.39. The molecule has 1 fully saturated rings. The van der Waals surface area contributed by atoms with Gasteiger partial charge in [-0.3, -0.25) is 19.3 Å². The number of hydrogen-bond donors (Lipinski definition) is 3. The SMILES string of the molecule is O=C(O)Cn1nnnc1SCC1=C(C(=O)O)N2C(=O)C(NC(=O)Cc3ccccc3)[C@H]2SC1. The van der Waals surface area contributed by atoms with E-state index in [0.717, 1.165) is 22.0 Å². The minimum absolute atomic E-state index is 0.122. The van der Waals surface area contributed by atoms with Crippen LogP contribution in [0.3, 0.4) is 0 Å². The number of hydrogen-bond acceptors (Lipinski definition) is 9. The van der Waals surface area contributed by atoms with Gasteiger partial charge in [-0.2, -0.15) is 0 Å². The molecular weight excluding hydrogens is 472 g/mol. The summed E-state index contributed by atoms with van der Waals surface area (Å²) in [7, 11) is 0. The van der Waals surface area contributed by atoms with Crippen molar-refractivity contribution in [3.8, 4) is 0 Å². The fourth-order valence-electron chi connectivity index (χ4n) is 3.48. The van der Waals surface area contributed by atoms with Gasteiger partial charge in [-0.15, -0.1) is 16.9 Å². The summed E-state index contributed by atoms with van der Waals surface area (Å²) in [5.74, 6) is -2.66. The maximum atomic E-state index is 12.7. The Labute approximate surface area is 195 Å². The number of nitrogens with zero attached hydrogens (tertiary/aromatic N) is 5. The number of carboxylic acid groups (broad SMARTS) is 2. The first-order valence-electron chi connectivity index (χ1n) is 9.69. The van der Waals surface area contributed by atoms with Gasteiger partial charge in [0.25, 0.3) is 5.91 Å². The average Bonchev–Trinajstić information content (AvgIpc) is 3.22. The summed E-state index contributed by atoms with van der Waals surface area (Å²) in [5, 5.41) is 31.9. The van der Waals surface area contributed by atoms with E-state index in [4.69, 9.17) is 5.11 Å². The number of β-lactam (4-membered cyclic amide) rings is 1. The quantitative estimate of drug-likeness (QED) is 0.315. The van der Waals surface area contributed by atoms with Crippen LogP contribution in [0.25, 0.3) is 0 Å². The van der Waals surface area contributed by atoms with Crippen LogP contribution in [0.2, 0.25) is 0 Å². The van der Waals surface area contributed by atoms with Gasteiger partial charge in [0.15, 0.2) is 0 Å². The maximum absolute atomic E-state index is 12.7. The second-order valence-corrected chi connectivity index (χ2v) is 9.22. The van der Waals surface area contributed by atoms with E-state index in [2.05, 4.69) is 20.8 Å². The zero-order chi connectivity index (χ0) is 23.5. The molecule has 3 N–H and O–H groups in total. The van der Waals surface area contributed by atoms with Gasteiger partial charge in [0.2, 0.25) is 11.1 Å². The Morgan fingerprint density at radius 2 is 1.97 bits per heavy atom. The van der Waals surface area contributed by atoms with Gasteiger partial charge in [-0.1, -0.05) is 42.1 Å². The highest BCUT2D eigenvalue weighted by Gasteiger charge is 2.54. The van der Waals surface area contributed by atoms with Crippen molar-refractivity contribution in [1.29, 1.82) is 0 Å². The zero-order valence-electron chi connectivity index (χ0n) is 16.9. The average molecular weight is 491 g/mol. The summed E-state index contributed by atoms with van der Waals surface area (Å²) in [6, 6.07) is 8.31. The second kappa shape index (κ2) is 9.62. The van der Waals surface area contributed by atoms with E-state index in [1.165, 1.54) is 16.7 Å². The summed E-state index contributed by atoms with van der Waals surface area (Å²) < 4.78 is 1.10. The third-order valence-electron chi connectivity index (χ3n) is 4.93. The first-order chi connectivity index (χ1) is 15.8. The number of nitrogens with one attached hydrogen (secondary N) is 1. The monoisotopic (exact) mass is 490 g/mol. The summed E-state index contributed by atoms with van der Waals surface area (Å²) in [4.78, 5) is 49.2. The lowest BCUT2D eigenvalue weighted by atomic mass is 10.0. The number of carboxylic acids is 2. The molecule has 2 atom stereocenters. The lowest BCUT2D eigenvalue weighted by molar-refractivity contribution is -0.150. The third kappa shape index (κ3) is 4.85. The molecule has 2 aliphatic heterocycles. The van der Waals surface area contributed by atoms with Gasteiger partial charge in [-0.25, -0.2) is 9.48 Å². The third-order valence-corrected chi connectivity index (χ3v) is 7.32. The van der Waals surface area contributed by atoms with Crippen molar-refractivity contribution in [2.75, 3.05) is 11.5 Å². The summed E-state index contributed by atoms with van der Waals surface area (Å²) in [5.41, 5.74) is 1.17. The summed E-state index contributed by atoms with van der Waals surface area (Å²) in [6.07, 6.45) is 0.122. The molecule has 14 heteroatoms. The molecule has 2 aromatic rings. The van der Waals surface area contributed by atoms with Crippen molar-refractivity contribution in [2.45, 2.75) is 29.5 Å². The van der Waals surface area contributed by atoms with E-state index in [9.17, 15) is 24.3 Å². The molecule has 1 unspecified atom stereocenters. The number of benzene rings is 1. The molecular formula is C19H18N6O6S2. The van der Waals surface area contributed by atoms with Gasteiger partial charge >= 0.3 is 11.9 Å². The van der Waals surface area contributed by atoms with Crippen LogP contribution in [-0.4, -0.2) is 82.0 Å². The summed E-state index contributed by atoms with van der Waals surface area (Å²) >= 11 is 2.44. The van der Waals surface area contributed by atoms with E-state index in [1.807, 2.05) is 30.3 Å². The van der Waals surface area contributed by atoms with Gasteiger partial charge in [-0.05, 0) is 21.6 Å². The molecule has 0 bridgehead atoms. The Bertz CT molecular complexity index is 1140. The van der Waals surface area contributed by atoms with Crippen LogP contribution in [0.1, 0.15) is 5.56 Å². The zero-order valence-corrected chi connectivity index (χ0v) is 18.6. The Morgan fingerprint density at radius 3 is 2.67 bits per heavy atom. The van der Waals surface area contributed by atoms with Crippen LogP contribution in [0.15, 0.2) is 46.8 Å². The van der Waals surface area contributed by atoms with E-state index in [0.29, 0.717) is 11.3 Å². The number of fused-ring (bicyclic) bond motifs is 1. The molecule has 1 saturated heterocycles. The van der Waals surface area contributed by atoms with Crippen LogP contribution in [0.5, 0.6) is 0 Å². The van der Waals surface area contributed by atoms with Crippen LogP contribution in [0, 0.1) is 0 Å². The largest absolute Gasteiger partial charge is 0.480 e. The second-order valence-electron chi connectivity index (χ2n) is 7.18. The minimum Gasteiger partial charge on any atom is -0.480 e. The standard InChI is InChI=1S/C19H18N6O6S2/c26-12(6-10-4-2-1-3-5-10)20-14-16(29)25-15(18(30)31)11(8-32-17(14)25)9-33-19-21-22-23-24(19)7-13(27)28/h1-5,14,17H,6-9H2,(H,20,26)(H,27,28)(H,30,31)/t14?,17-/m1/s1. The highest BCUT2D eigenvalue weighted by atomic mass is 32.2. The first-order valence-corrected chi connectivity index (χ1v) is 11.7. The fourth-order valence-corrected chi connectivity index (χ4v) is 5.84. The molecule has 1 aromatic carbocycles. The molecule has 2 aliphatic rings. The molecule has 0 radical (unpaired) electrons. The Kier molecular flexibility index (Phi) is 6.65. The van der Waals surface area contributed by atoms with Gasteiger partial charge < -0.3 is 15.5 Å². The van der Waals surface area contributed by atoms with Gasteiger partial charge in [0.05, 0.1) is 6.42 Å². The van der Waals surface area contributed by atoms with Crippen molar-refractivity contribution in [2.24, 2.45) is 0 Å². The number of carbonyl (C=O) groups is 4. The van der Waals surface area contributed by atoms with Crippen LogP contribution < -0.4 is 5.32 Å². The van der Waals surface area contributed by atoms with Gasteiger partial charge in [0.1, 0.15) is 23.7 Å². The number of tetrazole rings is 1. The lowest BCUT2D eigenvalue weighted by Crippen LogP contribution is -2.70. The molecule has 3 heterocycles. The molecule has 0 aliphatic carbocycles. The first kappa shape index (κ1) is 22.8. The normalized spacial score (nSPS) is 19.6. The van der Waals surface area contributed by atoms with Crippen LogP contribution in [0.4, 0.5) is 0 Å². The predicted molar refractivity (Wildman–Crippen MR) is 116 cm³/mol. The van der Waals surface area contributed by atoms with E-state index in [1.54, 1.807) is 0 Å². The van der Waals surface area contributed by atoms with Crippen molar-refractivity contribution in [3.63, 3.8) is 0 Å². The van der Waals surface area contributed by atoms with Crippen molar-refractivity contribution in [3.05, 3.63) is 47.2 Å². The molecule has 12 nitrogen and oxygen atoms in total. The molecule has 1 aromatic heterocycles. The molecule has 2 amide bonds. The predicted octanol–water partition coefficient (Wildman–Crippen LogP) is -0.169.